The van der Waals surface area contributed by atoms with Gasteiger partial charge >= 0.3 is 0 Å². The van der Waals surface area contributed by atoms with E-state index in [0.29, 0.717) is 40.4 Å². The van der Waals surface area contributed by atoms with Crippen molar-refractivity contribution in [3.05, 3.63) is 41.6 Å². The van der Waals surface area contributed by atoms with Crippen LogP contribution >= 0.6 is 23.4 Å². The number of fused-ring (bicyclic) bond motifs is 1. The minimum Gasteiger partial charge on any atom is -0.490 e. The highest BCUT2D eigenvalue weighted by atomic mass is 35.5. The van der Waals surface area contributed by atoms with Gasteiger partial charge in [0.05, 0.1) is 24.0 Å². The molecule has 2 heterocycles. The summed E-state index contributed by atoms with van der Waals surface area (Å²) in [5.74, 6) is 1.45. The molecule has 1 aromatic carbocycles. The summed E-state index contributed by atoms with van der Waals surface area (Å²) < 4.78 is 11.2. The zero-order valence-corrected chi connectivity index (χ0v) is 13.8. The molecule has 5 nitrogen and oxygen atoms in total. The smallest absolute Gasteiger partial charge is 0.234 e. The first kappa shape index (κ1) is 16.0. The number of carbonyl (C=O) groups is 1. The molecule has 1 aromatic heterocycles. The number of hydrogen-bond donors (Lipinski definition) is 1. The standard InChI is InChI=1S/C16H15ClN2O3S/c17-12-3-1-6-18-16(12)23-10-15(20)19-11-4-5-13-14(9-11)22-8-2-7-21-13/h1,3-6,9H,2,7-8,10H2,(H,19,20). The summed E-state index contributed by atoms with van der Waals surface area (Å²) in [6, 6.07) is 8.88. The zero-order valence-electron chi connectivity index (χ0n) is 12.3. The number of ether oxygens (including phenoxy) is 2. The second kappa shape index (κ2) is 7.57. The number of pyridine rings is 1. The molecule has 0 spiro atoms. The van der Waals surface area contributed by atoms with Crippen molar-refractivity contribution in [1.29, 1.82) is 0 Å². The van der Waals surface area contributed by atoms with E-state index in [1.165, 1.54) is 11.8 Å². The molecule has 0 aliphatic carbocycles. The predicted molar refractivity (Wildman–Crippen MR) is 90.6 cm³/mol. The van der Waals surface area contributed by atoms with E-state index in [-0.39, 0.29) is 11.7 Å². The quantitative estimate of drug-likeness (QED) is 0.853. The number of benzene rings is 1. The topological polar surface area (TPSA) is 60.5 Å². The average molecular weight is 351 g/mol. The lowest BCUT2D eigenvalue weighted by Gasteiger charge is -2.10. The van der Waals surface area contributed by atoms with Crippen LogP contribution in [0.3, 0.4) is 0 Å². The Morgan fingerprint density at radius 3 is 2.91 bits per heavy atom. The van der Waals surface area contributed by atoms with Gasteiger partial charge in [0.1, 0.15) is 5.03 Å². The summed E-state index contributed by atoms with van der Waals surface area (Å²) >= 11 is 7.31. The molecule has 0 unspecified atom stereocenters. The first-order chi connectivity index (χ1) is 11.2. The molecule has 1 aliphatic rings. The van der Waals surface area contributed by atoms with Crippen LogP contribution in [0.4, 0.5) is 5.69 Å². The number of carbonyl (C=O) groups excluding carboxylic acids is 1. The minimum atomic E-state index is -0.133. The Balaban J connectivity index is 1.60. The molecule has 1 aliphatic heterocycles. The normalized spacial score (nSPS) is 13.3. The van der Waals surface area contributed by atoms with Crippen molar-refractivity contribution in [1.82, 2.24) is 4.98 Å². The number of amides is 1. The third kappa shape index (κ3) is 4.30. The summed E-state index contributed by atoms with van der Waals surface area (Å²) in [6.07, 6.45) is 2.49. The maximum Gasteiger partial charge on any atom is 0.234 e. The summed E-state index contributed by atoms with van der Waals surface area (Å²) in [4.78, 5) is 16.2. The predicted octanol–water partition coefficient (Wildman–Crippen LogP) is 3.63. The van der Waals surface area contributed by atoms with Gasteiger partial charge in [-0.15, -0.1) is 0 Å². The third-order valence-electron chi connectivity index (χ3n) is 3.10. The van der Waals surface area contributed by atoms with Gasteiger partial charge < -0.3 is 14.8 Å². The van der Waals surface area contributed by atoms with E-state index in [1.807, 2.05) is 0 Å². The van der Waals surface area contributed by atoms with Crippen molar-refractivity contribution in [2.75, 3.05) is 24.3 Å². The van der Waals surface area contributed by atoms with E-state index in [4.69, 9.17) is 21.1 Å². The Morgan fingerprint density at radius 2 is 2.09 bits per heavy atom. The maximum atomic E-state index is 12.1. The van der Waals surface area contributed by atoms with Crippen molar-refractivity contribution in [3.63, 3.8) is 0 Å². The van der Waals surface area contributed by atoms with E-state index in [0.717, 1.165) is 6.42 Å². The van der Waals surface area contributed by atoms with E-state index < -0.39 is 0 Å². The Morgan fingerprint density at radius 1 is 1.26 bits per heavy atom. The van der Waals surface area contributed by atoms with Gasteiger partial charge in [-0.05, 0) is 24.3 Å². The lowest BCUT2D eigenvalue weighted by molar-refractivity contribution is -0.113. The second-order valence-electron chi connectivity index (χ2n) is 4.84. The third-order valence-corrected chi connectivity index (χ3v) is 4.52. The van der Waals surface area contributed by atoms with Crippen LogP contribution in [-0.4, -0.2) is 29.9 Å². The fourth-order valence-corrected chi connectivity index (χ4v) is 3.02. The van der Waals surface area contributed by atoms with Crippen molar-refractivity contribution >= 4 is 35.0 Å². The van der Waals surface area contributed by atoms with Crippen LogP contribution in [0, 0.1) is 0 Å². The number of nitrogens with one attached hydrogen (secondary N) is 1. The van der Waals surface area contributed by atoms with Crippen molar-refractivity contribution < 1.29 is 14.3 Å². The highest BCUT2D eigenvalue weighted by molar-refractivity contribution is 8.00. The number of halogens is 1. The molecule has 1 amide bonds. The van der Waals surface area contributed by atoms with E-state index >= 15 is 0 Å². The molecule has 3 rings (SSSR count). The van der Waals surface area contributed by atoms with Gasteiger partial charge in [0.25, 0.3) is 0 Å². The molecule has 0 atom stereocenters. The maximum absolute atomic E-state index is 12.1. The van der Waals surface area contributed by atoms with Gasteiger partial charge in [-0.1, -0.05) is 23.4 Å². The number of rotatable bonds is 4. The molecule has 23 heavy (non-hydrogen) atoms. The van der Waals surface area contributed by atoms with E-state index in [9.17, 15) is 4.79 Å². The number of anilines is 1. The highest BCUT2D eigenvalue weighted by Crippen LogP contribution is 2.32. The summed E-state index contributed by atoms with van der Waals surface area (Å²) in [5.41, 5.74) is 0.673. The van der Waals surface area contributed by atoms with Gasteiger partial charge in [0, 0.05) is 24.4 Å². The summed E-state index contributed by atoms with van der Waals surface area (Å²) in [6.45, 7) is 1.25. The fraction of sp³-hybridized carbons (Fsp3) is 0.250. The van der Waals surface area contributed by atoms with Gasteiger partial charge in [-0.2, -0.15) is 0 Å². The molecule has 0 saturated heterocycles. The first-order valence-electron chi connectivity index (χ1n) is 7.15. The molecular weight excluding hydrogens is 336 g/mol. The minimum absolute atomic E-state index is 0.133. The largest absolute Gasteiger partial charge is 0.490 e. The Labute approximate surface area is 143 Å². The molecular formula is C16H15ClN2O3S. The van der Waals surface area contributed by atoms with E-state index in [2.05, 4.69) is 10.3 Å². The Bertz CT molecular complexity index is 711. The van der Waals surface area contributed by atoms with Gasteiger partial charge in [0.15, 0.2) is 11.5 Å². The van der Waals surface area contributed by atoms with Crippen LogP contribution in [0.5, 0.6) is 11.5 Å². The average Bonchev–Trinajstić information content (AvgIpc) is 2.79. The number of hydrogen-bond acceptors (Lipinski definition) is 5. The van der Waals surface area contributed by atoms with Gasteiger partial charge in [0.2, 0.25) is 5.91 Å². The molecule has 0 bridgehead atoms. The van der Waals surface area contributed by atoms with E-state index in [1.54, 1.807) is 36.5 Å². The molecule has 2 aromatic rings. The lowest BCUT2D eigenvalue weighted by atomic mass is 10.2. The zero-order chi connectivity index (χ0) is 16.1. The second-order valence-corrected chi connectivity index (χ2v) is 6.21. The SMILES string of the molecule is O=C(CSc1ncccc1Cl)Nc1ccc2c(c1)OCCCO2. The number of thioether (sulfide) groups is 1. The first-order valence-corrected chi connectivity index (χ1v) is 8.51. The Kier molecular flexibility index (Phi) is 5.25. The fourth-order valence-electron chi connectivity index (χ4n) is 2.05. The highest BCUT2D eigenvalue weighted by Gasteiger charge is 2.12. The molecule has 0 radical (unpaired) electrons. The Hall–Kier alpha value is -1.92. The lowest BCUT2D eigenvalue weighted by Crippen LogP contribution is -2.14. The van der Waals surface area contributed by atoms with Crippen LogP contribution in [-0.2, 0) is 4.79 Å². The van der Waals surface area contributed by atoms with Crippen LogP contribution < -0.4 is 14.8 Å². The molecule has 120 valence electrons. The van der Waals surface area contributed by atoms with Crippen LogP contribution in [0.15, 0.2) is 41.6 Å². The van der Waals surface area contributed by atoms with Gasteiger partial charge in [-0.25, -0.2) is 4.98 Å². The molecule has 0 fully saturated rings. The number of aromatic nitrogens is 1. The molecule has 1 N–H and O–H groups in total. The van der Waals surface area contributed by atoms with Crippen LogP contribution in [0.2, 0.25) is 5.02 Å². The van der Waals surface area contributed by atoms with Gasteiger partial charge in [-0.3, -0.25) is 4.79 Å². The van der Waals surface area contributed by atoms with Crippen molar-refractivity contribution in [3.8, 4) is 11.5 Å². The van der Waals surface area contributed by atoms with Crippen molar-refractivity contribution in [2.24, 2.45) is 0 Å². The summed E-state index contributed by atoms with van der Waals surface area (Å²) in [5, 5.41) is 4.02. The molecule has 0 saturated carbocycles. The van der Waals surface area contributed by atoms with Crippen molar-refractivity contribution in [2.45, 2.75) is 11.4 Å². The van der Waals surface area contributed by atoms with Crippen LogP contribution in [0.25, 0.3) is 0 Å². The monoisotopic (exact) mass is 350 g/mol. The number of nitrogens with zero attached hydrogens (tertiary/aromatic N) is 1. The summed E-state index contributed by atoms with van der Waals surface area (Å²) in [7, 11) is 0. The molecule has 7 heteroatoms. The van der Waals surface area contributed by atoms with Crippen LogP contribution in [0.1, 0.15) is 6.42 Å².